The fourth-order valence-electron chi connectivity index (χ4n) is 3.87. The van der Waals surface area contributed by atoms with Crippen LogP contribution >= 0.6 is 0 Å². The van der Waals surface area contributed by atoms with E-state index in [0.29, 0.717) is 5.56 Å². The summed E-state index contributed by atoms with van der Waals surface area (Å²) in [6.07, 6.45) is 4.59. The molecule has 1 aliphatic heterocycles. The van der Waals surface area contributed by atoms with Gasteiger partial charge in [-0.3, -0.25) is 4.79 Å². The van der Waals surface area contributed by atoms with Gasteiger partial charge in [-0.05, 0) is 74.3 Å². The molecular formula is C26H31N3O3. The molecule has 1 heterocycles. The number of ether oxygens (including phenoxy) is 2. The molecule has 3 rings (SSSR count). The number of nitrogens with zero attached hydrogens (tertiary/aromatic N) is 3. The summed E-state index contributed by atoms with van der Waals surface area (Å²) < 4.78 is 10.7. The number of benzene rings is 2. The van der Waals surface area contributed by atoms with Crippen LogP contribution in [0.3, 0.4) is 0 Å². The van der Waals surface area contributed by atoms with Gasteiger partial charge in [-0.15, -0.1) is 0 Å². The van der Waals surface area contributed by atoms with Gasteiger partial charge in [0.05, 0.1) is 25.9 Å². The topological polar surface area (TPSA) is 65.8 Å². The highest BCUT2D eigenvalue weighted by Gasteiger charge is 2.25. The summed E-state index contributed by atoms with van der Waals surface area (Å²) in [6.45, 7) is 3.42. The number of rotatable bonds is 10. The van der Waals surface area contributed by atoms with Crippen LogP contribution in [0, 0.1) is 11.3 Å². The summed E-state index contributed by atoms with van der Waals surface area (Å²) in [5.74, 6) is 1.62. The second kappa shape index (κ2) is 11.4. The third-order valence-corrected chi connectivity index (χ3v) is 5.79. The van der Waals surface area contributed by atoms with Gasteiger partial charge in [-0.25, -0.2) is 0 Å². The lowest BCUT2D eigenvalue weighted by molar-refractivity contribution is -0.124. The molecule has 1 amide bonds. The normalized spacial score (nSPS) is 14.8. The molecule has 0 unspecified atom stereocenters. The standard InChI is InChI=1S/C26H31N3O3/c1-28(15-11-21-9-10-24(31-2)25(18-21)32-3)13-4-14-29-16-12-23(26(29)30)17-20-5-7-22(19-27)8-6-20/h5-10,17-18H,4,11-16H2,1-3H3. The lowest BCUT2D eigenvalue weighted by Gasteiger charge is -2.20. The van der Waals surface area contributed by atoms with Crippen molar-refractivity contribution in [3.05, 3.63) is 64.7 Å². The highest BCUT2D eigenvalue weighted by atomic mass is 16.5. The van der Waals surface area contributed by atoms with E-state index in [0.717, 1.165) is 68.1 Å². The van der Waals surface area contributed by atoms with Gasteiger partial charge in [0.15, 0.2) is 11.5 Å². The van der Waals surface area contributed by atoms with Crippen molar-refractivity contribution >= 4 is 12.0 Å². The zero-order chi connectivity index (χ0) is 22.9. The Kier molecular flexibility index (Phi) is 8.29. The molecule has 0 aromatic heterocycles. The van der Waals surface area contributed by atoms with Crippen LogP contribution in [0.1, 0.15) is 29.5 Å². The summed E-state index contributed by atoms with van der Waals surface area (Å²) >= 11 is 0. The smallest absolute Gasteiger partial charge is 0.249 e. The van der Waals surface area contributed by atoms with Crippen molar-refractivity contribution in [2.75, 3.05) is 47.4 Å². The molecule has 6 nitrogen and oxygen atoms in total. The summed E-state index contributed by atoms with van der Waals surface area (Å²) in [5.41, 5.74) is 3.64. The molecule has 0 N–H and O–H groups in total. The van der Waals surface area contributed by atoms with E-state index in [1.54, 1.807) is 26.4 Å². The Hall–Kier alpha value is -3.30. The number of hydrogen-bond acceptors (Lipinski definition) is 5. The fraction of sp³-hybridized carbons (Fsp3) is 0.385. The van der Waals surface area contributed by atoms with Crippen molar-refractivity contribution < 1.29 is 14.3 Å². The Morgan fingerprint density at radius 2 is 1.84 bits per heavy atom. The predicted octanol–water partition coefficient (Wildman–Crippen LogP) is 3.76. The third kappa shape index (κ3) is 6.12. The maximum atomic E-state index is 12.7. The van der Waals surface area contributed by atoms with Crippen molar-refractivity contribution in [1.29, 1.82) is 5.26 Å². The van der Waals surface area contributed by atoms with Crippen LogP contribution in [0.15, 0.2) is 48.0 Å². The predicted molar refractivity (Wildman–Crippen MR) is 126 cm³/mol. The number of amides is 1. The number of nitriles is 1. The first-order valence-corrected chi connectivity index (χ1v) is 10.9. The first-order valence-electron chi connectivity index (χ1n) is 10.9. The van der Waals surface area contributed by atoms with E-state index in [1.807, 2.05) is 35.2 Å². The Morgan fingerprint density at radius 3 is 2.53 bits per heavy atom. The summed E-state index contributed by atoms with van der Waals surface area (Å²) in [5, 5.41) is 8.90. The van der Waals surface area contributed by atoms with Gasteiger partial charge in [0.25, 0.3) is 0 Å². The minimum Gasteiger partial charge on any atom is -0.493 e. The lowest BCUT2D eigenvalue weighted by atomic mass is 10.1. The van der Waals surface area contributed by atoms with E-state index in [4.69, 9.17) is 14.7 Å². The first kappa shape index (κ1) is 23.4. The van der Waals surface area contributed by atoms with Crippen LogP contribution in [-0.2, 0) is 11.2 Å². The van der Waals surface area contributed by atoms with Gasteiger partial charge in [-0.2, -0.15) is 5.26 Å². The SMILES string of the molecule is COc1ccc(CCN(C)CCCN2CCC(=Cc3ccc(C#N)cc3)C2=O)cc1OC. The van der Waals surface area contributed by atoms with Crippen molar-refractivity contribution in [1.82, 2.24) is 9.80 Å². The van der Waals surface area contributed by atoms with Crippen LogP contribution in [0.25, 0.3) is 6.08 Å². The average molecular weight is 434 g/mol. The van der Waals surface area contributed by atoms with Gasteiger partial charge in [0.1, 0.15) is 0 Å². The molecule has 0 atom stereocenters. The Balaban J connectivity index is 1.42. The van der Waals surface area contributed by atoms with E-state index >= 15 is 0 Å². The second-order valence-electron chi connectivity index (χ2n) is 8.04. The molecule has 2 aromatic rings. The highest BCUT2D eigenvalue weighted by Crippen LogP contribution is 2.27. The van der Waals surface area contributed by atoms with Gasteiger partial charge in [-0.1, -0.05) is 18.2 Å². The summed E-state index contributed by atoms with van der Waals surface area (Å²) in [7, 11) is 5.41. The largest absolute Gasteiger partial charge is 0.493 e. The Labute approximate surface area is 190 Å². The van der Waals surface area contributed by atoms with Crippen LogP contribution < -0.4 is 9.47 Å². The molecule has 168 valence electrons. The molecule has 1 saturated heterocycles. The average Bonchev–Trinajstić information content (AvgIpc) is 3.17. The van der Waals surface area contributed by atoms with Crippen LogP contribution in [-0.4, -0.2) is 63.2 Å². The second-order valence-corrected chi connectivity index (χ2v) is 8.04. The highest BCUT2D eigenvalue weighted by molar-refractivity contribution is 5.99. The van der Waals surface area contributed by atoms with Crippen LogP contribution in [0.4, 0.5) is 0 Å². The van der Waals surface area contributed by atoms with Gasteiger partial charge in [0, 0.05) is 25.2 Å². The van der Waals surface area contributed by atoms with Gasteiger partial charge < -0.3 is 19.3 Å². The monoisotopic (exact) mass is 433 g/mol. The summed E-state index contributed by atoms with van der Waals surface area (Å²) in [4.78, 5) is 16.9. The molecule has 32 heavy (non-hydrogen) atoms. The molecule has 0 bridgehead atoms. The molecule has 0 aliphatic carbocycles. The Bertz CT molecular complexity index is 992. The number of methoxy groups -OCH3 is 2. The first-order chi connectivity index (χ1) is 15.5. The van der Waals surface area contributed by atoms with Crippen molar-refractivity contribution in [3.63, 3.8) is 0 Å². The number of hydrogen-bond donors (Lipinski definition) is 0. The van der Waals surface area contributed by atoms with Crippen molar-refractivity contribution in [2.45, 2.75) is 19.3 Å². The summed E-state index contributed by atoms with van der Waals surface area (Å²) in [6, 6.07) is 15.5. The molecule has 0 saturated carbocycles. The maximum absolute atomic E-state index is 12.7. The molecule has 1 aliphatic rings. The van der Waals surface area contributed by atoms with Crippen molar-refractivity contribution in [2.24, 2.45) is 0 Å². The number of likely N-dealkylation sites (N-methyl/N-ethyl adjacent to an activating group) is 1. The number of carbonyl (C=O) groups excluding carboxylic acids is 1. The molecular weight excluding hydrogens is 402 g/mol. The maximum Gasteiger partial charge on any atom is 0.249 e. The Morgan fingerprint density at radius 1 is 1.09 bits per heavy atom. The minimum atomic E-state index is 0.127. The fourth-order valence-corrected chi connectivity index (χ4v) is 3.87. The van der Waals surface area contributed by atoms with E-state index in [-0.39, 0.29) is 5.91 Å². The van der Waals surface area contributed by atoms with Crippen LogP contribution in [0.5, 0.6) is 11.5 Å². The van der Waals surface area contributed by atoms with E-state index < -0.39 is 0 Å². The van der Waals surface area contributed by atoms with Gasteiger partial charge in [0.2, 0.25) is 5.91 Å². The molecule has 0 spiro atoms. The quantitative estimate of drug-likeness (QED) is 0.534. The third-order valence-electron chi connectivity index (χ3n) is 5.79. The molecule has 2 aromatic carbocycles. The lowest BCUT2D eigenvalue weighted by Crippen LogP contribution is -2.30. The zero-order valence-electron chi connectivity index (χ0n) is 19.1. The van der Waals surface area contributed by atoms with Gasteiger partial charge >= 0.3 is 0 Å². The van der Waals surface area contributed by atoms with E-state index in [9.17, 15) is 4.79 Å². The molecule has 0 radical (unpaired) electrons. The minimum absolute atomic E-state index is 0.127. The van der Waals surface area contributed by atoms with Crippen molar-refractivity contribution in [3.8, 4) is 17.6 Å². The zero-order valence-corrected chi connectivity index (χ0v) is 19.1. The number of likely N-dealkylation sites (tertiary alicyclic amines) is 1. The van der Waals surface area contributed by atoms with E-state index in [2.05, 4.69) is 24.1 Å². The van der Waals surface area contributed by atoms with Crippen LogP contribution in [0.2, 0.25) is 0 Å². The van der Waals surface area contributed by atoms with E-state index in [1.165, 1.54) is 5.56 Å². The number of carbonyl (C=O) groups is 1. The molecule has 1 fully saturated rings. The molecule has 6 heteroatoms.